The highest BCUT2D eigenvalue weighted by Crippen LogP contribution is 2.36. The van der Waals surface area contributed by atoms with Crippen LogP contribution in [-0.2, 0) is 20.7 Å². The second-order valence-electron chi connectivity index (χ2n) is 7.23. The van der Waals surface area contributed by atoms with Gasteiger partial charge in [-0.05, 0) is 24.6 Å². The number of likely N-dealkylation sites (tertiary alicyclic amines) is 1. The number of ether oxygens (including phenoxy) is 2. The van der Waals surface area contributed by atoms with Gasteiger partial charge in [-0.1, -0.05) is 6.07 Å². The SMILES string of the molecule is O=C(Cc1ccco1)N1CC[C@]2(C[C@H](Oc3ccccn3)CO2)C1.O=C(O)C(F)(F)F. The number of pyridine rings is 1. The third kappa shape index (κ3) is 6.20. The molecule has 2 aromatic heterocycles. The highest BCUT2D eigenvalue weighted by Gasteiger charge is 2.47. The third-order valence-electron chi connectivity index (χ3n) is 4.92. The summed E-state index contributed by atoms with van der Waals surface area (Å²) in [4.78, 5) is 27.3. The van der Waals surface area contributed by atoms with Gasteiger partial charge in [0.25, 0.3) is 0 Å². The van der Waals surface area contributed by atoms with Crippen molar-refractivity contribution in [3.8, 4) is 5.88 Å². The lowest BCUT2D eigenvalue weighted by Gasteiger charge is -2.23. The Hall–Kier alpha value is -3.08. The average molecular weight is 442 g/mol. The smallest absolute Gasteiger partial charge is 0.475 e. The van der Waals surface area contributed by atoms with Gasteiger partial charge in [0, 0.05) is 31.8 Å². The molecule has 4 heterocycles. The maximum atomic E-state index is 12.4. The molecule has 11 heteroatoms. The minimum atomic E-state index is -5.08. The Morgan fingerprint density at radius 3 is 2.68 bits per heavy atom. The summed E-state index contributed by atoms with van der Waals surface area (Å²) in [6, 6.07) is 9.23. The van der Waals surface area contributed by atoms with Crippen molar-refractivity contribution in [3.63, 3.8) is 0 Å². The Kier molecular flexibility index (Phi) is 6.84. The lowest BCUT2D eigenvalue weighted by Crippen LogP contribution is -2.36. The molecule has 0 aliphatic carbocycles. The van der Waals surface area contributed by atoms with Crippen LogP contribution in [0.1, 0.15) is 18.6 Å². The van der Waals surface area contributed by atoms with Crippen molar-refractivity contribution in [3.05, 3.63) is 48.6 Å². The Morgan fingerprint density at radius 1 is 1.29 bits per heavy atom. The van der Waals surface area contributed by atoms with Crippen LogP contribution < -0.4 is 4.74 Å². The molecule has 2 saturated heterocycles. The highest BCUT2D eigenvalue weighted by molar-refractivity contribution is 5.78. The number of carboxylic acid groups (broad SMARTS) is 1. The molecule has 2 atom stereocenters. The number of rotatable bonds is 4. The van der Waals surface area contributed by atoms with Crippen molar-refractivity contribution in [2.75, 3.05) is 19.7 Å². The number of carbonyl (C=O) groups excluding carboxylic acids is 1. The third-order valence-corrected chi connectivity index (χ3v) is 4.92. The lowest BCUT2D eigenvalue weighted by molar-refractivity contribution is -0.192. The van der Waals surface area contributed by atoms with Gasteiger partial charge in [0.1, 0.15) is 11.9 Å². The van der Waals surface area contributed by atoms with E-state index >= 15 is 0 Å². The zero-order valence-electron chi connectivity index (χ0n) is 16.4. The molecule has 31 heavy (non-hydrogen) atoms. The molecular weight excluding hydrogens is 421 g/mol. The molecule has 0 radical (unpaired) electrons. The predicted molar refractivity (Wildman–Crippen MR) is 99.3 cm³/mol. The molecule has 2 fully saturated rings. The molecule has 0 unspecified atom stereocenters. The number of carbonyl (C=O) groups is 2. The minimum Gasteiger partial charge on any atom is -0.475 e. The molecule has 2 aliphatic heterocycles. The van der Waals surface area contributed by atoms with Gasteiger partial charge in [0.15, 0.2) is 0 Å². The van der Waals surface area contributed by atoms with E-state index in [1.54, 1.807) is 18.5 Å². The topological polar surface area (TPSA) is 102 Å². The number of furan rings is 1. The van der Waals surface area contributed by atoms with Crippen LogP contribution in [0.5, 0.6) is 5.88 Å². The van der Waals surface area contributed by atoms with Gasteiger partial charge in [0.05, 0.1) is 24.9 Å². The Labute approximate surface area is 175 Å². The fraction of sp³-hybridized carbons (Fsp3) is 0.450. The van der Waals surface area contributed by atoms with E-state index in [1.165, 1.54) is 0 Å². The van der Waals surface area contributed by atoms with E-state index in [4.69, 9.17) is 23.8 Å². The van der Waals surface area contributed by atoms with Gasteiger partial charge >= 0.3 is 12.1 Å². The largest absolute Gasteiger partial charge is 0.490 e. The van der Waals surface area contributed by atoms with Gasteiger partial charge in [-0.25, -0.2) is 9.78 Å². The van der Waals surface area contributed by atoms with Crippen LogP contribution >= 0.6 is 0 Å². The number of aromatic nitrogens is 1. The van der Waals surface area contributed by atoms with Gasteiger partial charge in [0.2, 0.25) is 11.8 Å². The Bertz CT molecular complexity index is 875. The second kappa shape index (κ2) is 9.38. The lowest BCUT2D eigenvalue weighted by atomic mass is 9.98. The maximum absolute atomic E-state index is 12.4. The first-order chi connectivity index (χ1) is 14.7. The number of hydrogen-bond acceptors (Lipinski definition) is 6. The van der Waals surface area contributed by atoms with Crippen LogP contribution in [0.4, 0.5) is 13.2 Å². The average Bonchev–Trinajstić information content (AvgIpc) is 3.45. The summed E-state index contributed by atoms with van der Waals surface area (Å²) in [6.07, 6.45) is 0.142. The van der Waals surface area contributed by atoms with Crippen molar-refractivity contribution in [1.82, 2.24) is 9.88 Å². The van der Waals surface area contributed by atoms with Crippen molar-refractivity contribution in [1.29, 1.82) is 0 Å². The summed E-state index contributed by atoms with van der Waals surface area (Å²) < 4.78 is 48.9. The van der Waals surface area contributed by atoms with Crippen LogP contribution in [-0.4, -0.2) is 64.4 Å². The van der Waals surface area contributed by atoms with Crippen molar-refractivity contribution >= 4 is 11.9 Å². The molecule has 0 bridgehead atoms. The van der Waals surface area contributed by atoms with E-state index in [9.17, 15) is 18.0 Å². The Morgan fingerprint density at radius 2 is 2.06 bits per heavy atom. The number of aliphatic carboxylic acids is 1. The number of nitrogens with zero attached hydrogens (tertiary/aromatic N) is 2. The van der Waals surface area contributed by atoms with Crippen molar-refractivity contribution < 1.29 is 41.8 Å². The summed E-state index contributed by atoms with van der Waals surface area (Å²) in [7, 11) is 0. The molecule has 2 aliphatic rings. The number of hydrogen-bond donors (Lipinski definition) is 1. The van der Waals surface area contributed by atoms with E-state index in [0.717, 1.165) is 19.4 Å². The molecule has 1 amide bonds. The predicted octanol–water partition coefficient (Wildman–Crippen LogP) is 2.69. The van der Waals surface area contributed by atoms with Crippen LogP contribution in [0, 0.1) is 0 Å². The number of alkyl halides is 3. The molecule has 8 nitrogen and oxygen atoms in total. The van der Waals surface area contributed by atoms with Crippen LogP contribution in [0.15, 0.2) is 47.2 Å². The zero-order chi connectivity index (χ0) is 22.5. The number of halogens is 3. The van der Waals surface area contributed by atoms with Crippen LogP contribution in [0.2, 0.25) is 0 Å². The van der Waals surface area contributed by atoms with E-state index in [0.29, 0.717) is 31.2 Å². The molecular formula is C20H21F3N2O6. The first-order valence-electron chi connectivity index (χ1n) is 9.49. The van der Waals surface area contributed by atoms with E-state index < -0.39 is 12.1 Å². The van der Waals surface area contributed by atoms with Gasteiger partial charge < -0.3 is 23.9 Å². The summed E-state index contributed by atoms with van der Waals surface area (Å²) in [6.45, 7) is 1.88. The fourth-order valence-electron chi connectivity index (χ4n) is 3.48. The first-order valence-corrected chi connectivity index (χ1v) is 9.49. The summed E-state index contributed by atoms with van der Waals surface area (Å²) >= 11 is 0. The van der Waals surface area contributed by atoms with Crippen molar-refractivity contribution in [2.24, 2.45) is 0 Å². The molecule has 2 aromatic rings. The standard InChI is InChI=1S/C18H20N2O4.C2HF3O2/c21-17(10-14-4-3-9-22-14)20-8-6-18(13-20)11-15(12-23-18)24-16-5-1-2-7-19-16;3-2(4,5)1(6)7/h1-5,7,9,15H,6,8,10-13H2;(H,6,7)/t15-,18-;/m0./s1. The van der Waals surface area contributed by atoms with Gasteiger partial charge in [-0.2, -0.15) is 13.2 Å². The minimum absolute atomic E-state index is 0.0139. The van der Waals surface area contributed by atoms with E-state index in [-0.39, 0.29) is 17.6 Å². The summed E-state index contributed by atoms with van der Waals surface area (Å²) in [5.74, 6) is -1.36. The van der Waals surface area contributed by atoms with Gasteiger partial charge in [-0.15, -0.1) is 0 Å². The molecule has 4 rings (SSSR count). The zero-order valence-corrected chi connectivity index (χ0v) is 16.4. The van der Waals surface area contributed by atoms with Gasteiger partial charge in [-0.3, -0.25) is 4.79 Å². The van der Waals surface area contributed by atoms with Crippen LogP contribution in [0.3, 0.4) is 0 Å². The normalized spacial score (nSPS) is 22.8. The van der Waals surface area contributed by atoms with Crippen molar-refractivity contribution in [2.45, 2.75) is 37.1 Å². The molecule has 0 aromatic carbocycles. The molecule has 168 valence electrons. The van der Waals surface area contributed by atoms with Crippen LogP contribution in [0.25, 0.3) is 0 Å². The van der Waals surface area contributed by atoms with E-state index in [1.807, 2.05) is 29.2 Å². The quantitative estimate of drug-likeness (QED) is 0.777. The number of carboxylic acids is 1. The second-order valence-corrected chi connectivity index (χ2v) is 7.23. The number of amides is 1. The Balaban J connectivity index is 0.000000339. The van der Waals surface area contributed by atoms with E-state index in [2.05, 4.69) is 4.98 Å². The molecule has 1 spiro atoms. The fourth-order valence-corrected chi connectivity index (χ4v) is 3.48. The highest BCUT2D eigenvalue weighted by atomic mass is 19.4. The molecule has 1 N–H and O–H groups in total. The summed E-state index contributed by atoms with van der Waals surface area (Å²) in [5.41, 5.74) is -0.279. The first kappa shape index (κ1) is 22.6. The monoisotopic (exact) mass is 442 g/mol. The summed E-state index contributed by atoms with van der Waals surface area (Å²) in [5, 5.41) is 7.12. The maximum Gasteiger partial charge on any atom is 0.490 e. The molecule has 0 saturated carbocycles.